The Morgan fingerprint density at radius 1 is 1.33 bits per heavy atom. The van der Waals surface area contributed by atoms with Crippen molar-refractivity contribution in [3.63, 3.8) is 0 Å². The number of amides is 3. The Bertz CT molecular complexity index is 734. The summed E-state index contributed by atoms with van der Waals surface area (Å²) in [6.45, 7) is 5.75. The first-order chi connectivity index (χ1) is 13.0. The molecule has 1 atom stereocenters. The highest BCUT2D eigenvalue weighted by atomic mass is 16.5. The normalized spacial score (nSPS) is 19.1. The number of hydrogen-bond acceptors (Lipinski definition) is 4. The zero-order valence-electron chi connectivity index (χ0n) is 16.0. The van der Waals surface area contributed by atoms with Crippen molar-refractivity contribution in [3.05, 3.63) is 23.8 Å². The fraction of sp³-hybridized carbons (Fsp3) is 0.550. The van der Waals surface area contributed by atoms with Gasteiger partial charge >= 0.3 is 0 Å². The average Bonchev–Trinajstić information content (AvgIpc) is 3.06. The lowest BCUT2D eigenvalue weighted by Crippen LogP contribution is -2.49. The predicted molar refractivity (Wildman–Crippen MR) is 102 cm³/mol. The van der Waals surface area contributed by atoms with Crippen LogP contribution in [0.3, 0.4) is 0 Å². The maximum absolute atomic E-state index is 12.7. The van der Waals surface area contributed by atoms with Crippen LogP contribution >= 0.6 is 0 Å². The van der Waals surface area contributed by atoms with E-state index in [0.29, 0.717) is 43.8 Å². The van der Waals surface area contributed by atoms with E-state index >= 15 is 0 Å². The SMILES string of the molecule is CCC1Oc2ccc(C)cc2N(CC(=O)NCCCN2CCCC2=O)C1=O. The van der Waals surface area contributed by atoms with Gasteiger partial charge in [0.25, 0.3) is 5.91 Å². The summed E-state index contributed by atoms with van der Waals surface area (Å²) in [6, 6.07) is 5.64. The summed E-state index contributed by atoms with van der Waals surface area (Å²) in [6.07, 6.45) is 2.25. The van der Waals surface area contributed by atoms with Crippen molar-refractivity contribution < 1.29 is 19.1 Å². The number of aryl methyl sites for hydroxylation is 1. The van der Waals surface area contributed by atoms with Crippen molar-refractivity contribution in [2.75, 3.05) is 31.1 Å². The minimum absolute atomic E-state index is 0.0300. The maximum atomic E-state index is 12.7. The number of carbonyl (C=O) groups is 3. The Labute approximate surface area is 159 Å². The fourth-order valence-electron chi connectivity index (χ4n) is 3.49. The lowest BCUT2D eigenvalue weighted by molar-refractivity contribution is -0.129. The first kappa shape index (κ1) is 19.2. The molecular weight excluding hydrogens is 346 g/mol. The minimum atomic E-state index is -0.561. The second kappa shape index (κ2) is 8.41. The van der Waals surface area contributed by atoms with Gasteiger partial charge in [0.2, 0.25) is 11.8 Å². The number of benzene rings is 1. The molecular formula is C20H27N3O4. The second-order valence-electron chi connectivity index (χ2n) is 7.10. The van der Waals surface area contributed by atoms with Crippen LogP contribution in [0.1, 0.15) is 38.2 Å². The van der Waals surface area contributed by atoms with Gasteiger partial charge in [0, 0.05) is 26.1 Å². The smallest absolute Gasteiger partial charge is 0.268 e. The third kappa shape index (κ3) is 4.40. The Morgan fingerprint density at radius 3 is 2.85 bits per heavy atom. The summed E-state index contributed by atoms with van der Waals surface area (Å²) in [4.78, 5) is 40.0. The Morgan fingerprint density at radius 2 is 2.15 bits per heavy atom. The molecule has 1 aromatic carbocycles. The van der Waals surface area contributed by atoms with Crippen LogP contribution in [-0.2, 0) is 14.4 Å². The Kier molecular flexibility index (Phi) is 5.98. The molecule has 0 aliphatic carbocycles. The van der Waals surface area contributed by atoms with E-state index in [1.165, 1.54) is 4.90 Å². The van der Waals surface area contributed by atoms with Gasteiger partial charge in [-0.25, -0.2) is 0 Å². The summed E-state index contributed by atoms with van der Waals surface area (Å²) < 4.78 is 5.77. The first-order valence-electron chi connectivity index (χ1n) is 9.62. The largest absolute Gasteiger partial charge is 0.478 e. The van der Waals surface area contributed by atoms with Crippen molar-refractivity contribution >= 4 is 23.4 Å². The van der Waals surface area contributed by atoms with Gasteiger partial charge in [-0.05, 0) is 43.9 Å². The number of ether oxygens (including phenoxy) is 1. The molecule has 2 aliphatic rings. The van der Waals surface area contributed by atoms with E-state index in [4.69, 9.17) is 4.74 Å². The van der Waals surface area contributed by atoms with Gasteiger partial charge in [0.15, 0.2) is 6.10 Å². The van der Waals surface area contributed by atoms with Crippen molar-refractivity contribution in [1.82, 2.24) is 10.2 Å². The van der Waals surface area contributed by atoms with E-state index in [0.717, 1.165) is 18.5 Å². The van der Waals surface area contributed by atoms with Gasteiger partial charge in [-0.1, -0.05) is 13.0 Å². The zero-order chi connectivity index (χ0) is 19.4. The number of fused-ring (bicyclic) bond motifs is 1. The lowest BCUT2D eigenvalue weighted by atomic mass is 10.1. The van der Waals surface area contributed by atoms with Crippen LogP contribution in [0.5, 0.6) is 5.75 Å². The van der Waals surface area contributed by atoms with Crippen molar-refractivity contribution in [3.8, 4) is 5.75 Å². The van der Waals surface area contributed by atoms with E-state index < -0.39 is 6.10 Å². The molecule has 7 nitrogen and oxygen atoms in total. The lowest BCUT2D eigenvalue weighted by Gasteiger charge is -2.34. The first-order valence-corrected chi connectivity index (χ1v) is 9.62. The Balaban J connectivity index is 1.56. The molecule has 1 saturated heterocycles. The molecule has 0 aromatic heterocycles. The number of nitrogens with one attached hydrogen (secondary N) is 1. The molecule has 2 heterocycles. The van der Waals surface area contributed by atoms with Crippen LogP contribution in [-0.4, -0.2) is 54.9 Å². The van der Waals surface area contributed by atoms with Crippen LogP contribution in [0.25, 0.3) is 0 Å². The highest BCUT2D eigenvalue weighted by Crippen LogP contribution is 2.35. The van der Waals surface area contributed by atoms with E-state index in [1.807, 2.05) is 36.9 Å². The zero-order valence-corrected chi connectivity index (χ0v) is 16.0. The van der Waals surface area contributed by atoms with E-state index in [1.54, 1.807) is 0 Å². The van der Waals surface area contributed by atoms with Gasteiger partial charge in [-0.15, -0.1) is 0 Å². The van der Waals surface area contributed by atoms with Crippen molar-refractivity contribution in [2.24, 2.45) is 0 Å². The highest BCUT2D eigenvalue weighted by molar-refractivity contribution is 6.03. The van der Waals surface area contributed by atoms with Gasteiger partial charge < -0.3 is 15.0 Å². The molecule has 0 radical (unpaired) electrons. The topological polar surface area (TPSA) is 79.0 Å². The second-order valence-corrected chi connectivity index (χ2v) is 7.10. The average molecular weight is 373 g/mol. The summed E-state index contributed by atoms with van der Waals surface area (Å²) >= 11 is 0. The molecule has 1 N–H and O–H groups in total. The van der Waals surface area contributed by atoms with E-state index in [2.05, 4.69) is 5.32 Å². The Hall–Kier alpha value is -2.57. The molecule has 0 bridgehead atoms. The number of likely N-dealkylation sites (tertiary alicyclic amines) is 1. The maximum Gasteiger partial charge on any atom is 0.268 e. The summed E-state index contributed by atoms with van der Waals surface area (Å²) in [5.41, 5.74) is 1.64. The van der Waals surface area contributed by atoms with E-state index in [-0.39, 0.29) is 24.3 Å². The monoisotopic (exact) mass is 373 g/mol. The quantitative estimate of drug-likeness (QED) is 0.737. The molecule has 146 valence electrons. The van der Waals surface area contributed by atoms with Gasteiger partial charge in [-0.2, -0.15) is 0 Å². The summed E-state index contributed by atoms with van der Waals surface area (Å²) in [5.74, 6) is 0.430. The molecule has 7 heteroatoms. The van der Waals surface area contributed by atoms with Gasteiger partial charge in [-0.3, -0.25) is 19.3 Å². The predicted octanol–water partition coefficient (Wildman–Crippen LogP) is 1.63. The molecule has 0 spiro atoms. The summed E-state index contributed by atoms with van der Waals surface area (Å²) in [5, 5.41) is 2.86. The number of carbonyl (C=O) groups excluding carboxylic acids is 3. The molecule has 1 fully saturated rings. The van der Waals surface area contributed by atoms with Crippen LogP contribution in [0.15, 0.2) is 18.2 Å². The molecule has 1 aromatic rings. The van der Waals surface area contributed by atoms with Crippen LogP contribution in [0.4, 0.5) is 5.69 Å². The standard InChI is InChI=1S/C20H27N3O4/c1-3-16-20(26)23(15-12-14(2)7-8-17(15)27-16)13-18(24)21-9-5-11-22-10-4-6-19(22)25/h7-8,12,16H,3-6,9-11,13H2,1-2H3,(H,21,24). The molecule has 27 heavy (non-hydrogen) atoms. The number of rotatable bonds is 7. The minimum Gasteiger partial charge on any atom is -0.478 e. The molecule has 0 saturated carbocycles. The van der Waals surface area contributed by atoms with Crippen molar-refractivity contribution in [1.29, 1.82) is 0 Å². The van der Waals surface area contributed by atoms with Gasteiger partial charge in [0.1, 0.15) is 12.3 Å². The third-order valence-corrected chi connectivity index (χ3v) is 4.99. The number of hydrogen-bond donors (Lipinski definition) is 1. The summed E-state index contributed by atoms with van der Waals surface area (Å²) in [7, 11) is 0. The number of anilines is 1. The molecule has 1 unspecified atom stereocenters. The molecule has 3 amide bonds. The van der Waals surface area contributed by atoms with Gasteiger partial charge in [0.05, 0.1) is 5.69 Å². The third-order valence-electron chi connectivity index (χ3n) is 4.99. The van der Waals surface area contributed by atoms with Crippen LogP contribution in [0.2, 0.25) is 0 Å². The van der Waals surface area contributed by atoms with E-state index in [9.17, 15) is 14.4 Å². The van der Waals surface area contributed by atoms with Crippen molar-refractivity contribution in [2.45, 2.75) is 45.6 Å². The molecule has 3 rings (SSSR count). The number of nitrogens with zero attached hydrogens (tertiary/aromatic N) is 2. The highest BCUT2D eigenvalue weighted by Gasteiger charge is 2.34. The fourth-order valence-corrected chi connectivity index (χ4v) is 3.49. The van der Waals surface area contributed by atoms with Crippen LogP contribution in [0, 0.1) is 6.92 Å². The van der Waals surface area contributed by atoms with Crippen LogP contribution < -0.4 is 15.0 Å². The molecule has 2 aliphatic heterocycles.